The van der Waals surface area contributed by atoms with Crippen LogP contribution in [0.3, 0.4) is 0 Å². The third kappa shape index (κ3) is 3.47. The molecule has 0 unspecified atom stereocenters. The summed E-state index contributed by atoms with van der Waals surface area (Å²) in [5.74, 6) is 0.206. The number of piperazine rings is 1. The number of carbonyl (C=O) groups is 1. The number of ether oxygens (including phenoxy) is 1. The van der Waals surface area contributed by atoms with Crippen molar-refractivity contribution in [3.63, 3.8) is 0 Å². The molecule has 116 valence electrons. The van der Waals surface area contributed by atoms with Crippen LogP contribution < -0.4 is 0 Å². The second-order valence-electron chi connectivity index (χ2n) is 5.95. The molecular formula is C16H24N2O2S. The van der Waals surface area contributed by atoms with Crippen molar-refractivity contribution in [2.75, 3.05) is 32.8 Å². The summed E-state index contributed by atoms with van der Waals surface area (Å²) in [6, 6.07) is 2.64. The van der Waals surface area contributed by atoms with E-state index in [2.05, 4.69) is 28.7 Å². The highest BCUT2D eigenvalue weighted by Crippen LogP contribution is 2.24. The average molecular weight is 308 g/mol. The summed E-state index contributed by atoms with van der Waals surface area (Å²) in [5, 5.41) is 4.35. The zero-order valence-corrected chi connectivity index (χ0v) is 13.5. The Morgan fingerprint density at radius 3 is 2.76 bits per heavy atom. The third-order valence-electron chi connectivity index (χ3n) is 4.65. The molecule has 2 fully saturated rings. The minimum atomic E-state index is -0.181. The topological polar surface area (TPSA) is 32.8 Å². The molecule has 0 spiro atoms. The number of rotatable bonds is 3. The van der Waals surface area contributed by atoms with Crippen molar-refractivity contribution in [1.29, 1.82) is 0 Å². The van der Waals surface area contributed by atoms with Gasteiger partial charge in [0.15, 0.2) is 0 Å². The first-order valence-electron chi connectivity index (χ1n) is 7.92. The molecule has 3 heterocycles. The van der Waals surface area contributed by atoms with Gasteiger partial charge in [0, 0.05) is 38.8 Å². The number of thiophene rings is 1. The van der Waals surface area contributed by atoms with E-state index in [0.29, 0.717) is 6.04 Å². The van der Waals surface area contributed by atoms with Crippen LogP contribution in [0.5, 0.6) is 0 Å². The first-order valence-corrected chi connectivity index (χ1v) is 8.86. The second-order valence-corrected chi connectivity index (χ2v) is 6.73. The van der Waals surface area contributed by atoms with Crippen molar-refractivity contribution in [3.8, 4) is 0 Å². The fraction of sp³-hybridized carbons (Fsp3) is 0.688. The van der Waals surface area contributed by atoms with Gasteiger partial charge in [-0.25, -0.2) is 0 Å². The zero-order valence-electron chi connectivity index (χ0n) is 12.7. The predicted octanol–water partition coefficient (Wildman–Crippen LogP) is 2.52. The minimum absolute atomic E-state index is 0.181. The Kier molecular flexibility index (Phi) is 4.93. The first-order chi connectivity index (χ1) is 10.3. The van der Waals surface area contributed by atoms with Crippen LogP contribution >= 0.6 is 11.3 Å². The Morgan fingerprint density at radius 2 is 2.14 bits per heavy atom. The Hall–Kier alpha value is -0.910. The van der Waals surface area contributed by atoms with Crippen LogP contribution in [-0.2, 0) is 9.53 Å². The van der Waals surface area contributed by atoms with Crippen LogP contribution in [0.4, 0.5) is 0 Å². The van der Waals surface area contributed by atoms with Gasteiger partial charge < -0.3 is 9.64 Å². The fourth-order valence-electron chi connectivity index (χ4n) is 3.19. The summed E-state index contributed by atoms with van der Waals surface area (Å²) >= 11 is 1.75. The summed E-state index contributed by atoms with van der Waals surface area (Å²) in [7, 11) is 0. The Morgan fingerprint density at radius 1 is 1.33 bits per heavy atom. The lowest BCUT2D eigenvalue weighted by molar-refractivity contribution is -0.148. The first kappa shape index (κ1) is 15.0. The van der Waals surface area contributed by atoms with Gasteiger partial charge in [0.2, 0.25) is 0 Å². The maximum atomic E-state index is 12.4. The van der Waals surface area contributed by atoms with Gasteiger partial charge in [-0.1, -0.05) is 0 Å². The molecule has 0 N–H and O–H groups in total. The highest BCUT2D eigenvalue weighted by Gasteiger charge is 2.30. The molecule has 0 radical (unpaired) electrons. The monoisotopic (exact) mass is 308 g/mol. The van der Waals surface area contributed by atoms with Crippen LogP contribution in [0.15, 0.2) is 16.8 Å². The van der Waals surface area contributed by atoms with Gasteiger partial charge >= 0.3 is 0 Å². The molecule has 1 aromatic rings. The van der Waals surface area contributed by atoms with E-state index in [9.17, 15) is 4.79 Å². The minimum Gasteiger partial charge on any atom is -0.368 e. The molecule has 2 atom stereocenters. The molecule has 5 heteroatoms. The van der Waals surface area contributed by atoms with E-state index in [4.69, 9.17) is 4.74 Å². The van der Waals surface area contributed by atoms with Gasteiger partial charge in [-0.3, -0.25) is 9.69 Å². The molecule has 21 heavy (non-hydrogen) atoms. The molecule has 0 aromatic carbocycles. The highest BCUT2D eigenvalue weighted by molar-refractivity contribution is 7.07. The second kappa shape index (κ2) is 6.90. The molecule has 0 saturated carbocycles. The quantitative estimate of drug-likeness (QED) is 0.860. The Labute approximate surface area is 130 Å². The SMILES string of the molecule is C[C@@H](c1ccsc1)N1CCN(C(=O)[C@@H]2CCCCO2)CC1. The van der Waals surface area contributed by atoms with E-state index < -0.39 is 0 Å². The van der Waals surface area contributed by atoms with Crippen LogP contribution in [0, 0.1) is 0 Å². The third-order valence-corrected chi connectivity index (χ3v) is 5.36. The predicted molar refractivity (Wildman–Crippen MR) is 84.5 cm³/mol. The lowest BCUT2D eigenvalue weighted by Crippen LogP contribution is -2.52. The van der Waals surface area contributed by atoms with E-state index in [-0.39, 0.29) is 12.0 Å². The molecule has 1 amide bonds. The van der Waals surface area contributed by atoms with Gasteiger partial charge in [-0.15, -0.1) is 0 Å². The van der Waals surface area contributed by atoms with Crippen LogP contribution in [-0.4, -0.2) is 54.6 Å². The van der Waals surface area contributed by atoms with Gasteiger partial charge in [0.05, 0.1) is 0 Å². The van der Waals surface area contributed by atoms with Crippen molar-refractivity contribution >= 4 is 17.2 Å². The van der Waals surface area contributed by atoms with Crippen LogP contribution in [0.25, 0.3) is 0 Å². The largest absolute Gasteiger partial charge is 0.368 e. The van der Waals surface area contributed by atoms with Crippen LogP contribution in [0.1, 0.15) is 37.8 Å². The number of amides is 1. The molecule has 3 rings (SSSR count). The van der Waals surface area contributed by atoms with Crippen LogP contribution in [0.2, 0.25) is 0 Å². The molecule has 2 aliphatic rings. The fourth-order valence-corrected chi connectivity index (χ4v) is 3.94. The normalized spacial score (nSPS) is 25.8. The van der Waals surface area contributed by atoms with Gasteiger partial charge in [-0.05, 0) is 48.6 Å². The van der Waals surface area contributed by atoms with E-state index in [1.54, 1.807) is 11.3 Å². The molecule has 2 saturated heterocycles. The van der Waals surface area contributed by atoms with Crippen molar-refractivity contribution < 1.29 is 9.53 Å². The average Bonchev–Trinajstić information content (AvgIpc) is 3.09. The number of hydrogen-bond acceptors (Lipinski definition) is 4. The van der Waals surface area contributed by atoms with Crippen molar-refractivity contribution in [2.45, 2.75) is 38.3 Å². The van der Waals surface area contributed by atoms with Crippen molar-refractivity contribution in [1.82, 2.24) is 9.80 Å². The smallest absolute Gasteiger partial charge is 0.251 e. The summed E-state index contributed by atoms with van der Waals surface area (Å²) in [6.07, 6.45) is 2.92. The van der Waals surface area contributed by atoms with E-state index in [0.717, 1.165) is 52.0 Å². The van der Waals surface area contributed by atoms with E-state index in [1.165, 1.54) is 5.56 Å². The number of hydrogen-bond donors (Lipinski definition) is 0. The zero-order chi connectivity index (χ0) is 14.7. The molecule has 4 nitrogen and oxygen atoms in total. The maximum Gasteiger partial charge on any atom is 0.251 e. The lowest BCUT2D eigenvalue weighted by atomic mass is 10.1. The summed E-state index contributed by atoms with van der Waals surface area (Å²) in [6.45, 7) is 6.56. The number of nitrogens with zero attached hydrogens (tertiary/aromatic N) is 2. The number of carbonyl (C=O) groups excluding carboxylic acids is 1. The van der Waals surface area contributed by atoms with Gasteiger partial charge in [0.25, 0.3) is 5.91 Å². The standard InChI is InChI=1S/C16H24N2O2S/c1-13(14-5-11-21-12-14)17-6-8-18(9-7-17)16(19)15-4-2-3-10-20-15/h5,11-13,15H,2-4,6-10H2,1H3/t13-,15-/m0/s1. The summed E-state index contributed by atoms with van der Waals surface area (Å²) in [5.41, 5.74) is 1.38. The van der Waals surface area contributed by atoms with E-state index >= 15 is 0 Å². The molecule has 2 aliphatic heterocycles. The molecule has 0 aliphatic carbocycles. The molecule has 0 bridgehead atoms. The van der Waals surface area contributed by atoms with Gasteiger partial charge in [0.1, 0.15) is 6.10 Å². The van der Waals surface area contributed by atoms with E-state index in [1.807, 2.05) is 4.90 Å². The Balaban J connectivity index is 1.51. The summed E-state index contributed by atoms with van der Waals surface area (Å²) in [4.78, 5) is 16.9. The molecular weight excluding hydrogens is 284 g/mol. The Bertz CT molecular complexity index is 449. The molecule has 1 aromatic heterocycles. The lowest BCUT2D eigenvalue weighted by Gasteiger charge is -2.39. The van der Waals surface area contributed by atoms with Gasteiger partial charge in [-0.2, -0.15) is 11.3 Å². The van der Waals surface area contributed by atoms with Crippen molar-refractivity contribution in [3.05, 3.63) is 22.4 Å². The van der Waals surface area contributed by atoms with Crippen molar-refractivity contribution in [2.24, 2.45) is 0 Å². The maximum absolute atomic E-state index is 12.4. The highest BCUT2D eigenvalue weighted by atomic mass is 32.1. The summed E-state index contributed by atoms with van der Waals surface area (Å²) < 4.78 is 5.62.